The lowest BCUT2D eigenvalue weighted by molar-refractivity contribution is 0.0994. The zero-order valence-corrected chi connectivity index (χ0v) is 12.0. The lowest BCUT2D eigenvalue weighted by Crippen LogP contribution is -2.26. The summed E-state index contributed by atoms with van der Waals surface area (Å²) in [6.45, 7) is 0. The van der Waals surface area contributed by atoms with Gasteiger partial charge in [-0.15, -0.1) is 0 Å². The fourth-order valence-corrected chi connectivity index (χ4v) is 2.44. The van der Waals surface area contributed by atoms with Gasteiger partial charge in [-0.25, -0.2) is 4.39 Å². The van der Waals surface area contributed by atoms with Gasteiger partial charge in [-0.3, -0.25) is 4.79 Å². The van der Waals surface area contributed by atoms with Crippen LogP contribution in [0.4, 0.5) is 10.1 Å². The first-order chi connectivity index (χ1) is 10.1. The molecule has 0 aliphatic rings. The molecule has 0 aliphatic carbocycles. The molecule has 6 heteroatoms. The van der Waals surface area contributed by atoms with Crippen LogP contribution in [0.5, 0.6) is 0 Å². The first-order valence-corrected chi connectivity index (χ1v) is 6.72. The number of rotatable bonds is 2. The maximum Gasteiger partial charge on any atom is 0.260 e. The molecule has 106 valence electrons. The number of H-pyrrole nitrogens is 2. The van der Waals surface area contributed by atoms with E-state index in [0.29, 0.717) is 15.8 Å². The molecule has 0 saturated heterocycles. The van der Waals surface area contributed by atoms with Crippen molar-refractivity contribution in [3.8, 4) is 0 Å². The highest BCUT2D eigenvalue weighted by Crippen LogP contribution is 2.21. The molecule has 21 heavy (non-hydrogen) atoms. The second-order valence-electron chi connectivity index (χ2n) is 4.65. The largest absolute Gasteiger partial charge is 0.331 e. The Kier molecular flexibility index (Phi) is 3.31. The Morgan fingerprint density at radius 2 is 1.90 bits per heavy atom. The maximum absolute atomic E-state index is 13.7. The number of nitrogens with zero attached hydrogens (tertiary/aromatic N) is 1. The Balaban J connectivity index is 2.11. The molecule has 0 aliphatic heterocycles. The minimum absolute atomic E-state index is 0.240. The van der Waals surface area contributed by atoms with E-state index < -0.39 is 5.82 Å². The molecule has 4 nitrogen and oxygen atoms in total. The van der Waals surface area contributed by atoms with E-state index in [0.717, 1.165) is 5.69 Å². The Morgan fingerprint density at radius 1 is 1.19 bits per heavy atom. The predicted octanol–water partition coefficient (Wildman–Crippen LogP) is 3.64. The summed E-state index contributed by atoms with van der Waals surface area (Å²) in [5.41, 5.74) is 1.96. The number of anilines is 1. The maximum atomic E-state index is 13.7. The zero-order valence-electron chi connectivity index (χ0n) is 11.2. The standard InChI is InChI=1S/C15H12FN3OS/c1-19(10-5-3-2-4-6-10)14(20)11-7-9(16)8-12-13(11)18-15(21)17-12/h2-8H,1H3,(H2,17,18,21). The number of amides is 1. The number of hydrogen-bond acceptors (Lipinski definition) is 2. The summed E-state index contributed by atoms with van der Waals surface area (Å²) in [4.78, 5) is 19.8. The number of hydrogen-bond donors (Lipinski definition) is 2. The summed E-state index contributed by atoms with van der Waals surface area (Å²) in [5, 5.41) is 0. The Morgan fingerprint density at radius 3 is 2.62 bits per heavy atom. The van der Waals surface area contributed by atoms with Crippen molar-refractivity contribution in [2.75, 3.05) is 11.9 Å². The minimum atomic E-state index is -0.488. The molecule has 3 rings (SSSR count). The molecular formula is C15H12FN3OS. The summed E-state index contributed by atoms with van der Waals surface area (Å²) < 4.78 is 14.0. The van der Waals surface area contributed by atoms with Crippen LogP contribution in [0.2, 0.25) is 0 Å². The van der Waals surface area contributed by atoms with Crippen LogP contribution in [0.1, 0.15) is 10.4 Å². The van der Waals surface area contributed by atoms with E-state index in [2.05, 4.69) is 9.97 Å². The number of carbonyl (C=O) groups is 1. The van der Waals surface area contributed by atoms with Crippen LogP contribution in [0.15, 0.2) is 42.5 Å². The highest BCUT2D eigenvalue weighted by molar-refractivity contribution is 7.71. The summed E-state index contributed by atoms with van der Waals surface area (Å²) in [6, 6.07) is 11.7. The lowest BCUT2D eigenvalue weighted by atomic mass is 10.1. The van der Waals surface area contributed by atoms with Crippen molar-refractivity contribution < 1.29 is 9.18 Å². The van der Waals surface area contributed by atoms with Crippen molar-refractivity contribution in [1.29, 1.82) is 0 Å². The molecule has 1 amide bonds. The van der Waals surface area contributed by atoms with Crippen LogP contribution in [-0.4, -0.2) is 22.9 Å². The summed E-state index contributed by atoms with van der Waals surface area (Å²) in [5.74, 6) is -0.798. The van der Waals surface area contributed by atoms with Crippen molar-refractivity contribution in [2.24, 2.45) is 0 Å². The molecule has 0 saturated carbocycles. The molecule has 0 spiro atoms. The number of para-hydroxylation sites is 1. The Hall–Kier alpha value is -2.47. The topological polar surface area (TPSA) is 51.9 Å². The fourth-order valence-electron chi connectivity index (χ4n) is 2.23. The highest BCUT2D eigenvalue weighted by Gasteiger charge is 2.18. The number of halogens is 1. The van der Waals surface area contributed by atoms with E-state index in [1.165, 1.54) is 17.0 Å². The van der Waals surface area contributed by atoms with Crippen molar-refractivity contribution in [2.45, 2.75) is 0 Å². The van der Waals surface area contributed by atoms with Gasteiger partial charge < -0.3 is 14.9 Å². The second-order valence-corrected chi connectivity index (χ2v) is 5.06. The number of nitrogens with one attached hydrogen (secondary N) is 2. The summed E-state index contributed by atoms with van der Waals surface area (Å²) >= 11 is 5.00. The molecule has 2 aromatic carbocycles. The van der Waals surface area contributed by atoms with E-state index in [1.807, 2.05) is 30.3 Å². The van der Waals surface area contributed by atoms with Crippen molar-refractivity contribution in [1.82, 2.24) is 9.97 Å². The van der Waals surface area contributed by atoms with E-state index >= 15 is 0 Å². The number of aromatic amines is 2. The van der Waals surface area contributed by atoms with Crippen molar-refractivity contribution >= 4 is 34.8 Å². The Labute approximate surface area is 125 Å². The van der Waals surface area contributed by atoms with E-state index in [1.54, 1.807) is 7.05 Å². The molecule has 0 fully saturated rings. The van der Waals surface area contributed by atoms with Gasteiger partial charge in [0.1, 0.15) is 5.82 Å². The third-order valence-electron chi connectivity index (χ3n) is 3.27. The van der Waals surface area contributed by atoms with Crippen molar-refractivity contribution in [3.63, 3.8) is 0 Å². The van der Waals surface area contributed by atoms with Gasteiger partial charge in [0.05, 0.1) is 16.6 Å². The van der Waals surface area contributed by atoms with Gasteiger partial charge >= 0.3 is 0 Å². The van der Waals surface area contributed by atoms with Gasteiger partial charge in [0.25, 0.3) is 5.91 Å². The Bertz CT molecular complexity index is 870. The van der Waals surface area contributed by atoms with E-state index in [4.69, 9.17) is 12.2 Å². The van der Waals surface area contributed by atoms with Gasteiger partial charge in [0.15, 0.2) is 4.77 Å². The predicted molar refractivity (Wildman–Crippen MR) is 82.6 cm³/mol. The van der Waals surface area contributed by atoms with Gasteiger partial charge in [-0.1, -0.05) is 18.2 Å². The number of imidazole rings is 1. The average Bonchev–Trinajstić information content (AvgIpc) is 2.85. The first kappa shape index (κ1) is 13.5. The third kappa shape index (κ3) is 2.45. The highest BCUT2D eigenvalue weighted by atomic mass is 32.1. The fraction of sp³-hybridized carbons (Fsp3) is 0.0667. The lowest BCUT2D eigenvalue weighted by Gasteiger charge is -2.17. The SMILES string of the molecule is CN(C(=O)c1cc(F)cc2[nH]c(=S)[nH]c12)c1ccccc1. The molecule has 2 N–H and O–H groups in total. The number of aromatic nitrogens is 2. The quantitative estimate of drug-likeness (QED) is 0.710. The molecule has 1 heterocycles. The zero-order chi connectivity index (χ0) is 15.0. The van der Waals surface area contributed by atoms with Crippen LogP contribution >= 0.6 is 12.2 Å². The van der Waals surface area contributed by atoms with Crippen LogP contribution in [0.3, 0.4) is 0 Å². The summed E-state index contributed by atoms with van der Waals surface area (Å²) in [6.07, 6.45) is 0. The third-order valence-corrected chi connectivity index (χ3v) is 3.47. The number of carbonyl (C=O) groups excluding carboxylic acids is 1. The molecule has 1 aromatic heterocycles. The smallest absolute Gasteiger partial charge is 0.260 e. The van der Waals surface area contributed by atoms with Crippen LogP contribution in [0.25, 0.3) is 11.0 Å². The average molecular weight is 301 g/mol. The van der Waals surface area contributed by atoms with Gasteiger partial charge in [0.2, 0.25) is 0 Å². The van der Waals surface area contributed by atoms with Crippen LogP contribution < -0.4 is 4.90 Å². The van der Waals surface area contributed by atoms with Crippen LogP contribution in [-0.2, 0) is 0 Å². The van der Waals surface area contributed by atoms with Crippen LogP contribution in [0, 0.1) is 10.6 Å². The first-order valence-electron chi connectivity index (χ1n) is 6.31. The molecule has 0 radical (unpaired) electrons. The van der Waals surface area contributed by atoms with Gasteiger partial charge in [-0.2, -0.15) is 0 Å². The molecular weight excluding hydrogens is 289 g/mol. The van der Waals surface area contributed by atoms with Gasteiger partial charge in [-0.05, 0) is 36.5 Å². The number of fused-ring (bicyclic) bond motifs is 1. The molecule has 0 bridgehead atoms. The second kappa shape index (κ2) is 5.14. The van der Waals surface area contributed by atoms with E-state index in [9.17, 15) is 9.18 Å². The molecule has 0 unspecified atom stereocenters. The molecule has 0 atom stereocenters. The normalized spacial score (nSPS) is 10.8. The molecule has 3 aromatic rings. The minimum Gasteiger partial charge on any atom is -0.331 e. The monoisotopic (exact) mass is 301 g/mol. The number of benzene rings is 2. The van der Waals surface area contributed by atoms with Gasteiger partial charge in [0, 0.05) is 12.7 Å². The summed E-state index contributed by atoms with van der Waals surface area (Å²) in [7, 11) is 1.65. The van der Waals surface area contributed by atoms with E-state index in [-0.39, 0.29) is 11.5 Å². The van der Waals surface area contributed by atoms with Crippen molar-refractivity contribution in [3.05, 3.63) is 58.6 Å².